The van der Waals surface area contributed by atoms with Crippen molar-refractivity contribution in [1.82, 2.24) is 0 Å². The average Bonchev–Trinajstić information content (AvgIpc) is 2.46. The first-order chi connectivity index (χ1) is 9.92. The molecule has 0 aromatic heterocycles. The fourth-order valence-electron chi connectivity index (χ4n) is 2.41. The number of aliphatic hydroxyl groups excluding tert-OH is 1. The first kappa shape index (κ1) is 16.2. The molecule has 1 aliphatic rings. The average molecular weight is 315 g/mol. The summed E-state index contributed by atoms with van der Waals surface area (Å²) in [7, 11) is -4.39. The fraction of sp³-hybridized carbons (Fsp3) is 0.571. The molecule has 1 N–H and O–H groups in total. The third-order valence-corrected chi connectivity index (χ3v) is 4.59. The van der Waals surface area contributed by atoms with Crippen LogP contribution in [0.1, 0.15) is 12.8 Å². The van der Waals surface area contributed by atoms with Gasteiger partial charge < -0.3 is 19.1 Å². The molecule has 0 aliphatic carbocycles. The Labute approximate surface area is 124 Å². The molecule has 7 heteroatoms. The van der Waals surface area contributed by atoms with Crippen molar-refractivity contribution in [2.45, 2.75) is 18.9 Å². The summed E-state index contributed by atoms with van der Waals surface area (Å²) in [6.45, 7) is 0.0319. The van der Waals surface area contributed by atoms with Crippen LogP contribution < -0.4 is 4.74 Å². The van der Waals surface area contributed by atoms with E-state index in [0.717, 1.165) is 5.75 Å². The predicted molar refractivity (Wildman–Crippen MR) is 75.0 cm³/mol. The van der Waals surface area contributed by atoms with Crippen molar-refractivity contribution in [2.75, 3.05) is 25.6 Å². The third kappa shape index (κ3) is 4.96. The maximum Gasteiger partial charge on any atom is 0.119 e. The van der Waals surface area contributed by atoms with Crippen LogP contribution in [0.3, 0.4) is 0 Å². The van der Waals surface area contributed by atoms with Crippen LogP contribution in [-0.2, 0) is 14.9 Å². The molecule has 1 aliphatic heterocycles. The molecule has 1 aromatic rings. The topological polar surface area (TPSA) is 95.9 Å². The summed E-state index contributed by atoms with van der Waals surface area (Å²) in [6.07, 6.45) is 0.802. The van der Waals surface area contributed by atoms with E-state index in [2.05, 4.69) is 0 Å². The van der Waals surface area contributed by atoms with Crippen molar-refractivity contribution in [2.24, 2.45) is 5.41 Å². The lowest BCUT2D eigenvalue weighted by Crippen LogP contribution is -2.45. The Hall–Kier alpha value is -1.15. The van der Waals surface area contributed by atoms with E-state index in [4.69, 9.17) is 9.47 Å². The summed E-state index contributed by atoms with van der Waals surface area (Å²) in [4.78, 5) is 0. The summed E-state index contributed by atoms with van der Waals surface area (Å²) in [5.74, 6) is 0.144. The first-order valence-electron chi connectivity index (χ1n) is 6.76. The van der Waals surface area contributed by atoms with Crippen LogP contribution in [0.2, 0.25) is 0 Å². The van der Waals surface area contributed by atoms with E-state index in [0.29, 0.717) is 19.4 Å². The summed E-state index contributed by atoms with van der Waals surface area (Å²) >= 11 is 0. The van der Waals surface area contributed by atoms with Crippen LogP contribution in [0, 0.1) is 5.41 Å². The molecule has 1 heterocycles. The lowest BCUT2D eigenvalue weighted by Gasteiger charge is -2.39. The Bertz CT molecular complexity index is 534. The zero-order valence-corrected chi connectivity index (χ0v) is 12.4. The molecule has 0 spiro atoms. The van der Waals surface area contributed by atoms with E-state index >= 15 is 0 Å². The molecular formula is C14H19O6S-. The summed E-state index contributed by atoms with van der Waals surface area (Å²) < 4.78 is 43.9. The second-order valence-corrected chi connectivity index (χ2v) is 6.86. The number of benzene rings is 1. The van der Waals surface area contributed by atoms with Gasteiger partial charge in [-0.15, -0.1) is 0 Å². The van der Waals surface area contributed by atoms with Crippen LogP contribution in [0.5, 0.6) is 5.75 Å². The second kappa shape index (κ2) is 6.74. The minimum atomic E-state index is -4.39. The van der Waals surface area contributed by atoms with Crippen molar-refractivity contribution in [3.8, 4) is 5.75 Å². The molecule has 2 unspecified atom stereocenters. The minimum Gasteiger partial charge on any atom is -0.748 e. The van der Waals surface area contributed by atoms with Crippen LogP contribution in [0.4, 0.5) is 0 Å². The monoisotopic (exact) mass is 315 g/mol. The van der Waals surface area contributed by atoms with Gasteiger partial charge in [-0.05, 0) is 25.0 Å². The van der Waals surface area contributed by atoms with Gasteiger partial charge in [0.2, 0.25) is 0 Å². The van der Waals surface area contributed by atoms with Crippen molar-refractivity contribution >= 4 is 10.1 Å². The van der Waals surface area contributed by atoms with Gasteiger partial charge in [0.15, 0.2) is 0 Å². The molecule has 1 saturated heterocycles. The highest BCUT2D eigenvalue weighted by molar-refractivity contribution is 7.85. The number of ether oxygens (including phenoxy) is 2. The summed E-state index contributed by atoms with van der Waals surface area (Å²) in [5.41, 5.74) is -0.982. The fourth-order valence-corrected chi connectivity index (χ4v) is 3.48. The molecule has 6 nitrogen and oxygen atoms in total. The lowest BCUT2D eigenvalue weighted by atomic mass is 9.84. The highest BCUT2D eigenvalue weighted by atomic mass is 32.2. The van der Waals surface area contributed by atoms with Crippen LogP contribution in [0.15, 0.2) is 30.3 Å². The summed E-state index contributed by atoms with van der Waals surface area (Å²) in [5, 5.41) is 9.38. The quantitative estimate of drug-likeness (QED) is 0.779. The standard InChI is InChI=1S/C14H20O6S/c15-9-14(11-21(16,17)18)7-6-13(20-10-14)8-19-12-4-2-1-3-5-12/h1-5,13,15H,6-11H2,(H,16,17,18)/p-1. The molecular weight excluding hydrogens is 296 g/mol. The number of aliphatic hydroxyl groups is 1. The molecule has 1 fully saturated rings. The zero-order chi connectivity index (χ0) is 15.3. The Morgan fingerprint density at radius 3 is 2.62 bits per heavy atom. The van der Waals surface area contributed by atoms with Gasteiger partial charge in [0.05, 0.1) is 29.4 Å². The molecule has 2 rings (SSSR count). The molecule has 0 amide bonds. The van der Waals surface area contributed by atoms with Gasteiger partial charge in [0.25, 0.3) is 0 Å². The maximum atomic E-state index is 10.9. The van der Waals surface area contributed by atoms with Crippen LogP contribution >= 0.6 is 0 Å². The normalized spacial score (nSPS) is 26.5. The maximum absolute atomic E-state index is 10.9. The molecule has 21 heavy (non-hydrogen) atoms. The first-order valence-corrected chi connectivity index (χ1v) is 8.34. The molecule has 0 saturated carbocycles. The minimum absolute atomic E-state index is 0.0494. The van der Waals surface area contributed by atoms with Gasteiger partial charge in [-0.3, -0.25) is 0 Å². The summed E-state index contributed by atoms with van der Waals surface area (Å²) in [6, 6.07) is 9.30. The zero-order valence-electron chi connectivity index (χ0n) is 11.6. The van der Waals surface area contributed by atoms with E-state index in [9.17, 15) is 18.1 Å². The lowest BCUT2D eigenvalue weighted by molar-refractivity contribution is -0.0862. The van der Waals surface area contributed by atoms with Crippen molar-refractivity contribution in [3.05, 3.63) is 30.3 Å². The number of para-hydroxylation sites is 1. The number of rotatable bonds is 6. The smallest absolute Gasteiger partial charge is 0.119 e. The van der Waals surface area contributed by atoms with E-state index in [1.807, 2.05) is 30.3 Å². The molecule has 1 aromatic carbocycles. The third-order valence-electron chi connectivity index (χ3n) is 3.62. The van der Waals surface area contributed by atoms with Gasteiger partial charge in [0.1, 0.15) is 12.4 Å². The Balaban J connectivity index is 1.84. The Morgan fingerprint density at radius 2 is 2.10 bits per heavy atom. The Kier molecular flexibility index (Phi) is 5.21. The largest absolute Gasteiger partial charge is 0.748 e. The number of hydrogen-bond donors (Lipinski definition) is 1. The SMILES string of the molecule is O=S(=O)([O-])CC1(CO)CCC(COc2ccccc2)OC1. The van der Waals surface area contributed by atoms with E-state index in [1.54, 1.807) is 0 Å². The molecule has 0 radical (unpaired) electrons. The number of hydrogen-bond acceptors (Lipinski definition) is 6. The van der Waals surface area contributed by atoms with Gasteiger partial charge >= 0.3 is 0 Å². The molecule has 2 atom stereocenters. The van der Waals surface area contributed by atoms with Gasteiger partial charge in [-0.2, -0.15) is 0 Å². The van der Waals surface area contributed by atoms with E-state index in [-0.39, 0.29) is 19.3 Å². The van der Waals surface area contributed by atoms with Crippen molar-refractivity contribution in [1.29, 1.82) is 0 Å². The highest BCUT2D eigenvalue weighted by Gasteiger charge is 2.37. The Morgan fingerprint density at radius 1 is 1.38 bits per heavy atom. The van der Waals surface area contributed by atoms with Crippen LogP contribution in [0.25, 0.3) is 0 Å². The van der Waals surface area contributed by atoms with Gasteiger partial charge in [-0.1, -0.05) is 18.2 Å². The van der Waals surface area contributed by atoms with Gasteiger partial charge in [-0.25, -0.2) is 8.42 Å². The molecule has 0 bridgehead atoms. The van der Waals surface area contributed by atoms with E-state index < -0.39 is 21.3 Å². The highest BCUT2D eigenvalue weighted by Crippen LogP contribution is 2.32. The van der Waals surface area contributed by atoms with E-state index in [1.165, 1.54) is 0 Å². The second-order valence-electron chi connectivity index (χ2n) is 5.46. The van der Waals surface area contributed by atoms with Crippen molar-refractivity contribution in [3.63, 3.8) is 0 Å². The van der Waals surface area contributed by atoms with Crippen molar-refractivity contribution < 1.29 is 27.6 Å². The predicted octanol–water partition coefficient (Wildman–Crippen LogP) is 0.768. The molecule has 118 valence electrons. The van der Waals surface area contributed by atoms with Crippen LogP contribution in [-0.4, -0.2) is 49.8 Å². The van der Waals surface area contributed by atoms with Gasteiger partial charge in [0, 0.05) is 11.2 Å².